The number of fused-ring (bicyclic) bond motifs is 2. The van der Waals surface area contributed by atoms with Crippen LogP contribution >= 0.6 is 12.4 Å². The van der Waals surface area contributed by atoms with Crippen molar-refractivity contribution in [2.24, 2.45) is 23.5 Å². The molecular weight excluding hydrogens is 342 g/mol. The molecule has 1 aliphatic heterocycles. The lowest BCUT2D eigenvalue weighted by Crippen LogP contribution is -2.49. The van der Waals surface area contributed by atoms with E-state index < -0.39 is 0 Å². The second kappa shape index (κ2) is 8.69. The molecule has 2 saturated carbocycles. The number of nitrogens with one attached hydrogen (secondary N) is 1. The van der Waals surface area contributed by atoms with Crippen molar-refractivity contribution in [3.05, 3.63) is 0 Å². The van der Waals surface area contributed by atoms with Crippen molar-refractivity contribution in [3.8, 4) is 0 Å². The van der Waals surface area contributed by atoms with E-state index in [-0.39, 0.29) is 42.3 Å². The lowest BCUT2D eigenvalue weighted by Gasteiger charge is -2.43. The average molecular weight is 374 g/mol. The Kier molecular flexibility index (Phi) is 7.11. The summed E-state index contributed by atoms with van der Waals surface area (Å²) in [7, 11) is 3.48. The van der Waals surface area contributed by atoms with Crippen LogP contribution in [0.25, 0.3) is 0 Å². The van der Waals surface area contributed by atoms with Crippen LogP contribution < -0.4 is 11.1 Å². The molecule has 3 aliphatic rings. The summed E-state index contributed by atoms with van der Waals surface area (Å²) in [5.41, 5.74) is 6.30. The van der Waals surface area contributed by atoms with Gasteiger partial charge in [0.2, 0.25) is 5.91 Å². The fourth-order valence-corrected chi connectivity index (χ4v) is 4.69. The van der Waals surface area contributed by atoms with Crippen LogP contribution in [0.15, 0.2) is 0 Å². The molecule has 0 aromatic heterocycles. The number of hydrogen-bond acceptors (Lipinski definition) is 4. The van der Waals surface area contributed by atoms with Gasteiger partial charge in [-0.3, -0.25) is 9.59 Å². The highest BCUT2D eigenvalue weighted by atomic mass is 35.5. The normalized spacial score (nSPS) is 37.1. The minimum atomic E-state index is -0.353. The van der Waals surface area contributed by atoms with E-state index in [0.717, 1.165) is 25.7 Å². The third kappa shape index (κ3) is 4.66. The van der Waals surface area contributed by atoms with Gasteiger partial charge in [0.05, 0.1) is 6.10 Å². The molecule has 3 N–H and O–H groups in total. The molecule has 1 heterocycles. The van der Waals surface area contributed by atoms with E-state index in [2.05, 4.69) is 5.32 Å². The highest BCUT2D eigenvalue weighted by Gasteiger charge is 2.40. The van der Waals surface area contributed by atoms with Gasteiger partial charge in [0.15, 0.2) is 0 Å². The van der Waals surface area contributed by atoms with Crippen LogP contribution in [0, 0.1) is 17.8 Å². The number of halogens is 1. The Morgan fingerprint density at radius 1 is 1.12 bits per heavy atom. The number of rotatable bonds is 4. The van der Waals surface area contributed by atoms with E-state index >= 15 is 0 Å². The van der Waals surface area contributed by atoms with E-state index in [1.807, 2.05) is 0 Å². The van der Waals surface area contributed by atoms with Crippen LogP contribution in [0.5, 0.6) is 0 Å². The number of carbonyl (C=O) groups is 2. The molecule has 0 spiro atoms. The van der Waals surface area contributed by atoms with Crippen molar-refractivity contribution in [2.45, 2.75) is 63.2 Å². The van der Waals surface area contributed by atoms with Crippen LogP contribution in [0.4, 0.5) is 0 Å². The van der Waals surface area contributed by atoms with Crippen molar-refractivity contribution in [1.82, 2.24) is 10.2 Å². The third-order valence-corrected chi connectivity index (χ3v) is 6.11. The topological polar surface area (TPSA) is 84.7 Å². The molecule has 25 heavy (non-hydrogen) atoms. The molecule has 0 aromatic rings. The molecule has 3 rings (SSSR count). The second-order valence-corrected chi connectivity index (χ2v) is 8.00. The van der Waals surface area contributed by atoms with Crippen LogP contribution in [0.3, 0.4) is 0 Å². The van der Waals surface area contributed by atoms with E-state index in [1.165, 1.54) is 19.3 Å². The second-order valence-electron chi connectivity index (χ2n) is 8.00. The Balaban J connectivity index is 0.00000225. The van der Waals surface area contributed by atoms with E-state index in [0.29, 0.717) is 24.4 Å². The van der Waals surface area contributed by atoms with Gasteiger partial charge in [-0.2, -0.15) is 0 Å². The maximum atomic E-state index is 12.5. The Labute approximate surface area is 156 Å². The van der Waals surface area contributed by atoms with Crippen molar-refractivity contribution < 1.29 is 14.3 Å². The highest BCUT2D eigenvalue weighted by Crippen LogP contribution is 2.41. The van der Waals surface area contributed by atoms with E-state index in [9.17, 15) is 9.59 Å². The first-order valence-corrected chi connectivity index (χ1v) is 9.35. The number of ether oxygens (including phenoxy) is 1. The fourth-order valence-electron chi connectivity index (χ4n) is 4.69. The average Bonchev–Trinajstić information content (AvgIpc) is 3.00. The minimum absolute atomic E-state index is 0. The van der Waals surface area contributed by atoms with Gasteiger partial charge in [-0.15, -0.1) is 12.4 Å². The van der Waals surface area contributed by atoms with Crippen LogP contribution in [-0.4, -0.2) is 55.6 Å². The van der Waals surface area contributed by atoms with Crippen LogP contribution in [0.1, 0.15) is 44.9 Å². The quantitative estimate of drug-likeness (QED) is 0.778. The van der Waals surface area contributed by atoms with Gasteiger partial charge in [-0.05, 0) is 50.4 Å². The van der Waals surface area contributed by atoms with Crippen molar-refractivity contribution >= 4 is 24.2 Å². The van der Waals surface area contributed by atoms with Crippen LogP contribution in [0.2, 0.25) is 0 Å². The fraction of sp³-hybridized carbons (Fsp3) is 0.889. The van der Waals surface area contributed by atoms with Gasteiger partial charge in [-0.1, -0.05) is 6.42 Å². The van der Waals surface area contributed by atoms with Gasteiger partial charge in [-0.25, -0.2) is 0 Å². The zero-order valence-corrected chi connectivity index (χ0v) is 16.1. The lowest BCUT2D eigenvalue weighted by atomic mass is 9.65. The lowest BCUT2D eigenvalue weighted by molar-refractivity contribution is -0.140. The summed E-state index contributed by atoms with van der Waals surface area (Å²) in [5.74, 6) is 1.28. The maximum absolute atomic E-state index is 12.5. The summed E-state index contributed by atoms with van der Waals surface area (Å²) >= 11 is 0. The molecule has 0 aromatic carbocycles. The molecule has 0 radical (unpaired) electrons. The predicted octanol–water partition coefficient (Wildman–Crippen LogP) is 1.31. The molecule has 2 amide bonds. The molecule has 144 valence electrons. The highest BCUT2D eigenvalue weighted by molar-refractivity contribution is 5.85. The zero-order chi connectivity index (χ0) is 17.3. The van der Waals surface area contributed by atoms with Gasteiger partial charge in [0.1, 0.15) is 6.10 Å². The molecular formula is C18H32ClN3O3. The third-order valence-electron chi connectivity index (χ3n) is 6.11. The summed E-state index contributed by atoms with van der Waals surface area (Å²) < 4.78 is 5.79. The number of nitrogens with zero attached hydrogens (tertiary/aromatic N) is 1. The number of nitrogens with two attached hydrogens (primary N) is 1. The minimum Gasteiger partial charge on any atom is -0.363 e. The SMILES string of the molecule is CN(C)C(=O)C1CCC(CNC(=O)C2CC3CCCC(C2)C3N)O1.Cl. The Bertz CT molecular complexity index is 474. The Morgan fingerprint density at radius 2 is 1.76 bits per heavy atom. The number of hydrogen-bond donors (Lipinski definition) is 2. The van der Waals surface area contributed by atoms with Crippen molar-refractivity contribution in [3.63, 3.8) is 0 Å². The van der Waals surface area contributed by atoms with Gasteiger partial charge >= 0.3 is 0 Å². The summed E-state index contributed by atoms with van der Waals surface area (Å²) in [6, 6.07) is 0.291. The molecule has 7 heteroatoms. The predicted molar refractivity (Wildman–Crippen MR) is 98.4 cm³/mol. The molecule has 3 fully saturated rings. The molecule has 2 aliphatic carbocycles. The number of amides is 2. The number of likely N-dealkylation sites (N-methyl/N-ethyl adjacent to an activating group) is 1. The van der Waals surface area contributed by atoms with E-state index in [4.69, 9.17) is 10.5 Å². The first kappa shape index (κ1) is 20.5. The molecule has 4 unspecified atom stereocenters. The summed E-state index contributed by atoms with van der Waals surface area (Å²) in [6.45, 7) is 0.508. The monoisotopic (exact) mass is 373 g/mol. The smallest absolute Gasteiger partial charge is 0.251 e. The Hall–Kier alpha value is -0.850. The van der Waals surface area contributed by atoms with Crippen molar-refractivity contribution in [1.29, 1.82) is 0 Å². The van der Waals surface area contributed by atoms with E-state index in [1.54, 1.807) is 19.0 Å². The molecule has 1 saturated heterocycles. The van der Waals surface area contributed by atoms with Gasteiger partial charge in [0, 0.05) is 32.6 Å². The summed E-state index contributed by atoms with van der Waals surface area (Å²) in [4.78, 5) is 26.0. The van der Waals surface area contributed by atoms with Crippen molar-refractivity contribution in [2.75, 3.05) is 20.6 Å². The standard InChI is InChI=1S/C18H31N3O3.ClH/c1-21(2)18(23)15-7-6-14(24-15)10-20-17(22)13-8-11-4-3-5-12(9-13)16(11)19;/h11-16H,3-10,19H2,1-2H3,(H,20,22);1H. The van der Waals surface area contributed by atoms with Gasteiger partial charge < -0.3 is 20.7 Å². The largest absolute Gasteiger partial charge is 0.363 e. The van der Waals surface area contributed by atoms with Gasteiger partial charge in [0.25, 0.3) is 5.91 Å². The first-order chi connectivity index (χ1) is 11.5. The Morgan fingerprint density at radius 3 is 2.36 bits per heavy atom. The molecule has 2 bridgehead atoms. The summed E-state index contributed by atoms with van der Waals surface area (Å²) in [6.07, 6.45) is 6.61. The molecule has 6 nitrogen and oxygen atoms in total. The number of carbonyl (C=O) groups excluding carboxylic acids is 2. The summed E-state index contributed by atoms with van der Waals surface area (Å²) in [5, 5.41) is 3.06. The maximum Gasteiger partial charge on any atom is 0.251 e. The first-order valence-electron chi connectivity index (χ1n) is 9.35. The zero-order valence-electron chi connectivity index (χ0n) is 15.3. The van der Waals surface area contributed by atoms with Crippen LogP contribution in [-0.2, 0) is 14.3 Å². The molecule has 4 atom stereocenters.